The van der Waals surface area contributed by atoms with Crippen molar-refractivity contribution in [1.29, 1.82) is 0 Å². The molecule has 0 aliphatic heterocycles. The summed E-state index contributed by atoms with van der Waals surface area (Å²) in [6.07, 6.45) is 0.695. The Labute approximate surface area is 245 Å². The van der Waals surface area contributed by atoms with Gasteiger partial charge in [-0.1, -0.05) is 0 Å². The van der Waals surface area contributed by atoms with Gasteiger partial charge in [0, 0.05) is 0 Å². The number of halogens is 1. The van der Waals surface area contributed by atoms with Crippen LogP contribution in [0, 0.1) is 26.6 Å². The van der Waals surface area contributed by atoms with E-state index >= 15 is 0 Å². The molecule has 2 aromatic heterocycles. The molecule has 0 aliphatic rings. The summed E-state index contributed by atoms with van der Waals surface area (Å²) in [5, 5.41) is 4.28. The van der Waals surface area contributed by atoms with Crippen molar-refractivity contribution in [3.8, 4) is 27.1 Å². The summed E-state index contributed by atoms with van der Waals surface area (Å²) in [7, 11) is 0. The van der Waals surface area contributed by atoms with Gasteiger partial charge in [0.15, 0.2) is 0 Å². The van der Waals surface area contributed by atoms with Crippen LogP contribution in [0.4, 0.5) is 4.39 Å². The van der Waals surface area contributed by atoms with E-state index in [1.807, 2.05) is 19.1 Å². The number of ketones is 1. The quantitative estimate of drug-likeness (QED) is 0.176. The summed E-state index contributed by atoms with van der Waals surface area (Å²) in [4.78, 5) is 16.6. The normalized spacial score (nSPS) is 11.9. The Bertz CT molecular complexity index is 1630. The van der Waals surface area contributed by atoms with Crippen LogP contribution in [0.5, 0.6) is 5.75 Å². The molecule has 0 radical (unpaired) electrons. The van der Waals surface area contributed by atoms with Crippen LogP contribution >= 0.6 is 0 Å². The molecule has 5 aromatic rings. The molecule has 8 heteroatoms. The van der Waals surface area contributed by atoms with Gasteiger partial charge in [-0.05, 0) is 0 Å². The zero-order valence-electron chi connectivity index (χ0n) is 22.7. The van der Waals surface area contributed by atoms with Gasteiger partial charge >= 0.3 is 247 Å². The second-order valence-electron chi connectivity index (χ2n) is 9.75. The average Bonchev–Trinajstić information content (AvgIpc) is 3.55. The van der Waals surface area contributed by atoms with Gasteiger partial charge in [-0.15, -0.1) is 0 Å². The maximum atomic E-state index is 13.4. The van der Waals surface area contributed by atoms with Crippen LogP contribution in [0.15, 0.2) is 77.3 Å². The molecule has 0 saturated carbocycles. The first-order valence-electron chi connectivity index (χ1n) is 12.9. The third kappa shape index (κ3) is 6.89. The van der Waals surface area contributed by atoms with Gasteiger partial charge in [-0.25, -0.2) is 0 Å². The number of Topliss-reactive ketones (excluding diaryl/α,β-unsaturated/α-hetero) is 1. The molecule has 0 N–H and O–H groups in total. The Kier molecular flexibility index (Phi) is 8.82. The molecule has 0 spiro atoms. The fraction of sp³-hybridized carbons (Fsp3) is 0.219. The van der Waals surface area contributed by atoms with E-state index in [-0.39, 0.29) is 52.5 Å². The number of hydrogen-bond acceptors (Lipinski definition) is 5. The third-order valence-electron chi connectivity index (χ3n) is 6.36. The number of carbonyl (C=O) groups is 1. The molecule has 5 nitrogen and oxygen atoms in total. The molecule has 0 amide bonds. The Balaban J connectivity index is 1.45. The maximum absolute atomic E-state index is 13.4. The summed E-state index contributed by atoms with van der Waals surface area (Å²) in [5.41, 5.74) is 6.02. The van der Waals surface area contributed by atoms with Crippen molar-refractivity contribution in [2.75, 3.05) is 6.61 Å². The Hall–Kier alpha value is -3.28. The monoisotopic (exact) mass is 668 g/mol. The fourth-order valence-corrected chi connectivity index (χ4v) is 10.1. The van der Waals surface area contributed by atoms with Crippen molar-refractivity contribution in [2.45, 2.75) is 38.9 Å². The van der Waals surface area contributed by atoms with E-state index in [0.29, 0.717) is 12.1 Å². The number of ether oxygens (including phenoxy) is 1. The first-order valence-corrected chi connectivity index (χ1v) is 16.5. The van der Waals surface area contributed by atoms with Crippen molar-refractivity contribution in [2.24, 2.45) is 0 Å². The predicted molar refractivity (Wildman–Crippen MR) is 157 cm³/mol. The van der Waals surface area contributed by atoms with E-state index < -0.39 is 0 Å². The molecule has 1 unspecified atom stereocenters. The standard InChI is InChI=1S/C32H29FN2O3Se2/c1-19-5-7-24(8-6-19)32-34-22(4)31(40-32)30(39-27-13-14-29(20(2)15-27)37-18-21(3)36)17-26-16-28(35-38-26)23-9-11-25(33)12-10-23/h5-16,30H,17-18H2,1-4H3. The van der Waals surface area contributed by atoms with Crippen molar-refractivity contribution in [1.82, 2.24) is 10.1 Å². The molecule has 0 saturated heterocycles. The summed E-state index contributed by atoms with van der Waals surface area (Å²) in [6, 6.07) is 23.0. The van der Waals surface area contributed by atoms with Crippen molar-refractivity contribution in [3.63, 3.8) is 0 Å². The topological polar surface area (TPSA) is 65.2 Å². The van der Waals surface area contributed by atoms with Gasteiger partial charge in [0.05, 0.1) is 0 Å². The Morgan fingerprint density at radius 3 is 2.42 bits per heavy atom. The van der Waals surface area contributed by atoms with Gasteiger partial charge in [0.2, 0.25) is 0 Å². The molecule has 204 valence electrons. The molecule has 0 fully saturated rings. The van der Waals surface area contributed by atoms with Crippen LogP contribution in [-0.2, 0) is 11.2 Å². The minimum absolute atomic E-state index is 0.00455. The summed E-state index contributed by atoms with van der Waals surface area (Å²) in [5.74, 6) is 1.24. The number of rotatable bonds is 10. The first kappa shape index (κ1) is 28.3. The van der Waals surface area contributed by atoms with E-state index in [1.165, 1.54) is 39.1 Å². The average molecular weight is 667 g/mol. The number of hydrogen-bond donors (Lipinski definition) is 0. The third-order valence-corrected chi connectivity index (χ3v) is 12.4. The van der Waals surface area contributed by atoms with Crippen LogP contribution in [0.3, 0.4) is 0 Å². The second-order valence-corrected chi connectivity index (χ2v) is 14.6. The van der Waals surface area contributed by atoms with Gasteiger partial charge in [0.1, 0.15) is 0 Å². The number of carbonyl (C=O) groups excluding carboxylic acids is 1. The number of benzene rings is 3. The molecule has 2 heterocycles. The molecular formula is C32H29FN2O3Se2. The Morgan fingerprint density at radius 2 is 1.73 bits per heavy atom. The van der Waals surface area contributed by atoms with E-state index in [0.717, 1.165) is 32.9 Å². The van der Waals surface area contributed by atoms with Gasteiger partial charge in [0.25, 0.3) is 0 Å². The first-order chi connectivity index (χ1) is 19.2. The molecular weight excluding hydrogens is 637 g/mol. The van der Waals surface area contributed by atoms with E-state index in [1.54, 1.807) is 12.1 Å². The molecule has 1 atom stereocenters. The van der Waals surface area contributed by atoms with Crippen LogP contribution in [0.2, 0.25) is 0 Å². The van der Waals surface area contributed by atoms with Crippen molar-refractivity contribution >= 4 is 39.7 Å². The van der Waals surface area contributed by atoms with Gasteiger partial charge in [-0.2, -0.15) is 0 Å². The Morgan fingerprint density at radius 1 is 1.00 bits per heavy atom. The van der Waals surface area contributed by atoms with Crippen LogP contribution in [-0.4, -0.2) is 52.0 Å². The van der Waals surface area contributed by atoms with E-state index in [2.05, 4.69) is 55.4 Å². The molecule has 0 aliphatic carbocycles. The fourth-order valence-electron chi connectivity index (χ4n) is 4.26. The van der Waals surface area contributed by atoms with E-state index in [9.17, 15) is 9.18 Å². The van der Waals surface area contributed by atoms with Crippen LogP contribution in [0.25, 0.3) is 21.4 Å². The molecule has 0 bridgehead atoms. The minimum atomic E-state index is -0.279. The zero-order valence-corrected chi connectivity index (χ0v) is 26.2. The predicted octanol–water partition coefficient (Wildman–Crippen LogP) is 5.81. The van der Waals surface area contributed by atoms with Crippen molar-refractivity contribution < 1.29 is 18.4 Å². The number of nitrogens with zero attached hydrogens (tertiary/aromatic N) is 2. The zero-order chi connectivity index (χ0) is 28.2. The van der Waals surface area contributed by atoms with Gasteiger partial charge in [-0.3, -0.25) is 0 Å². The number of aryl methyl sites for hydroxylation is 3. The second kappa shape index (κ2) is 12.5. The van der Waals surface area contributed by atoms with Gasteiger partial charge < -0.3 is 0 Å². The molecule has 40 heavy (non-hydrogen) atoms. The van der Waals surface area contributed by atoms with E-state index in [4.69, 9.17) is 14.2 Å². The summed E-state index contributed by atoms with van der Waals surface area (Å²) in [6.45, 7) is 7.81. The molecule has 5 rings (SSSR count). The number of aromatic nitrogens is 2. The SMILES string of the molecule is CC(=O)COc1ccc([Se]C(Cc2cc(-c3ccc(F)cc3)no2)c2[se]c(-c3ccc(C)cc3)nc2C)cc1C. The summed E-state index contributed by atoms with van der Waals surface area (Å²) >= 11 is 0.161. The van der Waals surface area contributed by atoms with Crippen LogP contribution < -0.4 is 9.20 Å². The van der Waals surface area contributed by atoms with Crippen LogP contribution in [0.1, 0.15) is 38.8 Å². The molecule has 3 aromatic carbocycles. The summed E-state index contributed by atoms with van der Waals surface area (Å²) < 4.78 is 28.7. The van der Waals surface area contributed by atoms with Crippen molar-refractivity contribution in [3.05, 3.63) is 106 Å².